The van der Waals surface area contributed by atoms with Crippen molar-refractivity contribution in [1.82, 2.24) is 4.57 Å². The van der Waals surface area contributed by atoms with Gasteiger partial charge in [0.15, 0.2) is 0 Å². The summed E-state index contributed by atoms with van der Waals surface area (Å²) in [5, 5.41) is 4.59. The lowest BCUT2D eigenvalue weighted by Gasteiger charge is -2.09. The number of hydrogen-bond donors (Lipinski definition) is 1. The van der Waals surface area contributed by atoms with Gasteiger partial charge in [0, 0.05) is 23.4 Å². The molecule has 23 heavy (non-hydrogen) atoms. The highest BCUT2D eigenvalue weighted by atomic mass is 32.1. The Morgan fingerprint density at radius 2 is 2.26 bits per heavy atom. The van der Waals surface area contributed by atoms with E-state index in [0.29, 0.717) is 6.61 Å². The molecule has 1 aromatic carbocycles. The Morgan fingerprint density at radius 3 is 2.96 bits per heavy atom. The minimum Gasteiger partial charge on any atom is -0.376 e. The number of nitrogens with one attached hydrogen (secondary N) is 1. The van der Waals surface area contributed by atoms with Crippen LogP contribution in [0.3, 0.4) is 0 Å². The Bertz CT molecular complexity index is 746. The molecule has 1 saturated carbocycles. The second kappa shape index (κ2) is 7.10. The van der Waals surface area contributed by atoms with Crippen molar-refractivity contribution < 1.29 is 9.53 Å². The van der Waals surface area contributed by atoms with Gasteiger partial charge in [-0.1, -0.05) is 23.5 Å². The van der Waals surface area contributed by atoms with Gasteiger partial charge in [-0.15, -0.1) is 0 Å². The molecule has 1 aliphatic carbocycles. The van der Waals surface area contributed by atoms with E-state index < -0.39 is 0 Å². The monoisotopic (exact) mass is 332 g/mol. The molecule has 0 bridgehead atoms. The Labute approximate surface area is 138 Å². The highest BCUT2D eigenvalue weighted by Crippen LogP contribution is 2.29. The molecule has 6 heteroatoms. The Morgan fingerprint density at radius 1 is 1.43 bits per heavy atom. The van der Waals surface area contributed by atoms with Crippen LogP contribution in [0.25, 0.3) is 0 Å². The number of thiazole rings is 1. The van der Waals surface area contributed by atoms with Crippen LogP contribution in [0.4, 0.5) is 5.69 Å². The Kier molecular flexibility index (Phi) is 4.93. The van der Waals surface area contributed by atoms with Crippen LogP contribution in [0.15, 0.2) is 34.4 Å². The molecule has 5 nitrogen and oxygen atoms in total. The zero-order chi connectivity index (χ0) is 16.2. The second-order valence-corrected chi connectivity index (χ2v) is 6.76. The molecule has 2 aromatic rings. The SMILES string of the molecule is Cc1csc(=O)n1CC(=O)Nc1cccc(COCC2CC2)c1. The van der Waals surface area contributed by atoms with Gasteiger partial charge >= 0.3 is 4.87 Å². The Hall–Kier alpha value is -1.92. The van der Waals surface area contributed by atoms with E-state index >= 15 is 0 Å². The van der Waals surface area contributed by atoms with Crippen LogP contribution in [0, 0.1) is 12.8 Å². The van der Waals surface area contributed by atoms with Crippen molar-refractivity contribution in [3.63, 3.8) is 0 Å². The van der Waals surface area contributed by atoms with Crippen molar-refractivity contribution >= 4 is 22.9 Å². The van der Waals surface area contributed by atoms with Crippen molar-refractivity contribution in [2.75, 3.05) is 11.9 Å². The number of aromatic nitrogens is 1. The molecule has 1 fully saturated rings. The lowest BCUT2D eigenvalue weighted by molar-refractivity contribution is -0.116. The summed E-state index contributed by atoms with van der Waals surface area (Å²) < 4.78 is 7.14. The smallest absolute Gasteiger partial charge is 0.307 e. The first-order valence-electron chi connectivity index (χ1n) is 7.73. The van der Waals surface area contributed by atoms with E-state index in [9.17, 15) is 9.59 Å². The molecule has 122 valence electrons. The zero-order valence-electron chi connectivity index (χ0n) is 13.1. The lowest BCUT2D eigenvalue weighted by atomic mass is 10.2. The first-order valence-corrected chi connectivity index (χ1v) is 8.61. The summed E-state index contributed by atoms with van der Waals surface area (Å²) in [6, 6.07) is 7.63. The van der Waals surface area contributed by atoms with E-state index in [1.54, 1.807) is 5.38 Å². The fourth-order valence-electron chi connectivity index (χ4n) is 2.31. The van der Waals surface area contributed by atoms with E-state index in [4.69, 9.17) is 4.74 Å². The molecule has 1 amide bonds. The predicted molar refractivity (Wildman–Crippen MR) is 90.8 cm³/mol. The molecule has 1 heterocycles. The third-order valence-electron chi connectivity index (χ3n) is 3.81. The predicted octanol–water partition coefficient (Wildman–Crippen LogP) is 2.78. The minimum atomic E-state index is -0.204. The number of hydrogen-bond acceptors (Lipinski definition) is 4. The van der Waals surface area contributed by atoms with Crippen molar-refractivity contribution in [3.05, 3.63) is 50.6 Å². The normalized spacial score (nSPS) is 14.0. The molecule has 0 atom stereocenters. The fraction of sp³-hybridized carbons (Fsp3) is 0.412. The number of ether oxygens (including phenoxy) is 1. The molecule has 3 rings (SSSR count). The molecule has 1 aromatic heterocycles. The van der Waals surface area contributed by atoms with Gasteiger partial charge in [0.05, 0.1) is 6.61 Å². The quantitative estimate of drug-likeness (QED) is 0.848. The summed E-state index contributed by atoms with van der Waals surface area (Å²) in [6.07, 6.45) is 2.55. The van der Waals surface area contributed by atoms with Crippen LogP contribution in [-0.4, -0.2) is 17.1 Å². The number of anilines is 1. The zero-order valence-corrected chi connectivity index (χ0v) is 13.9. The summed E-state index contributed by atoms with van der Waals surface area (Å²) >= 11 is 1.11. The van der Waals surface area contributed by atoms with Crippen LogP contribution in [0.2, 0.25) is 0 Å². The molecule has 0 aliphatic heterocycles. The highest BCUT2D eigenvalue weighted by molar-refractivity contribution is 7.07. The van der Waals surface area contributed by atoms with Gasteiger partial charge in [-0.05, 0) is 43.4 Å². The van der Waals surface area contributed by atoms with Gasteiger partial charge in [-0.2, -0.15) is 0 Å². The molecule has 1 aliphatic rings. The van der Waals surface area contributed by atoms with E-state index in [2.05, 4.69) is 5.32 Å². The summed E-state index contributed by atoms with van der Waals surface area (Å²) in [7, 11) is 0. The van der Waals surface area contributed by atoms with Gasteiger partial charge in [0.2, 0.25) is 5.91 Å². The average molecular weight is 332 g/mol. The number of carbonyl (C=O) groups excluding carboxylic acids is 1. The van der Waals surface area contributed by atoms with E-state index in [0.717, 1.165) is 40.8 Å². The van der Waals surface area contributed by atoms with Crippen LogP contribution in [0.5, 0.6) is 0 Å². The van der Waals surface area contributed by atoms with Crippen molar-refractivity contribution in [2.24, 2.45) is 5.92 Å². The average Bonchev–Trinajstić information content (AvgIpc) is 3.29. The molecular formula is C17H20N2O3S. The lowest BCUT2D eigenvalue weighted by Crippen LogP contribution is -2.25. The van der Waals surface area contributed by atoms with Gasteiger partial charge in [-0.25, -0.2) is 0 Å². The van der Waals surface area contributed by atoms with Crippen molar-refractivity contribution in [2.45, 2.75) is 32.9 Å². The van der Waals surface area contributed by atoms with Crippen LogP contribution in [0.1, 0.15) is 24.1 Å². The topological polar surface area (TPSA) is 60.3 Å². The first-order chi connectivity index (χ1) is 11.1. The maximum absolute atomic E-state index is 12.1. The summed E-state index contributed by atoms with van der Waals surface area (Å²) in [6.45, 7) is 3.24. The molecule has 0 spiro atoms. The van der Waals surface area contributed by atoms with Crippen molar-refractivity contribution in [1.29, 1.82) is 0 Å². The molecule has 0 unspecified atom stereocenters. The summed E-state index contributed by atoms with van der Waals surface area (Å²) in [5.74, 6) is 0.537. The largest absolute Gasteiger partial charge is 0.376 e. The van der Waals surface area contributed by atoms with E-state index in [-0.39, 0.29) is 17.3 Å². The number of amides is 1. The number of benzene rings is 1. The minimum absolute atomic E-state index is 0.0383. The molecule has 0 saturated heterocycles. The summed E-state index contributed by atoms with van der Waals surface area (Å²) in [4.78, 5) is 23.6. The molecule has 1 N–H and O–H groups in total. The van der Waals surface area contributed by atoms with E-state index in [1.807, 2.05) is 31.2 Å². The van der Waals surface area contributed by atoms with Crippen LogP contribution in [-0.2, 0) is 22.7 Å². The fourth-order valence-corrected chi connectivity index (χ4v) is 3.04. The highest BCUT2D eigenvalue weighted by Gasteiger charge is 2.21. The van der Waals surface area contributed by atoms with Crippen molar-refractivity contribution in [3.8, 4) is 0 Å². The third-order valence-corrected chi connectivity index (χ3v) is 4.69. The standard InChI is InChI=1S/C17H20N2O3S/c1-12-11-23-17(21)19(12)8-16(20)18-15-4-2-3-14(7-15)10-22-9-13-5-6-13/h2-4,7,11,13H,5-6,8-10H2,1H3,(H,18,20). The maximum atomic E-state index is 12.1. The molecule has 0 radical (unpaired) electrons. The third kappa shape index (κ3) is 4.53. The number of rotatable bonds is 7. The van der Waals surface area contributed by atoms with Crippen LogP contribution < -0.4 is 10.2 Å². The van der Waals surface area contributed by atoms with Crippen LogP contribution >= 0.6 is 11.3 Å². The first kappa shape index (κ1) is 16.0. The van der Waals surface area contributed by atoms with E-state index in [1.165, 1.54) is 17.4 Å². The Balaban J connectivity index is 1.56. The second-order valence-electron chi connectivity index (χ2n) is 5.94. The molecular weight excluding hydrogens is 312 g/mol. The maximum Gasteiger partial charge on any atom is 0.307 e. The summed E-state index contributed by atoms with van der Waals surface area (Å²) in [5.41, 5.74) is 2.56. The number of aryl methyl sites for hydroxylation is 1. The number of nitrogens with zero attached hydrogens (tertiary/aromatic N) is 1. The van der Waals surface area contributed by atoms with Gasteiger partial charge < -0.3 is 10.1 Å². The van der Waals surface area contributed by atoms with Gasteiger partial charge in [0.25, 0.3) is 0 Å². The van der Waals surface area contributed by atoms with Gasteiger partial charge in [-0.3, -0.25) is 14.2 Å². The van der Waals surface area contributed by atoms with Gasteiger partial charge in [0.1, 0.15) is 6.54 Å². The number of carbonyl (C=O) groups is 1.